The Kier molecular flexibility index (Phi) is 5.17. The Morgan fingerprint density at radius 1 is 1.28 bits per heavy atom. The predicted octanol–water partition coefficient (Wildman–Crippen LogP) is 2.98. The summed E-state index contributed by atoms with van der Waals surface area (Å²) in [7, 11) is 0. The average Bonchev–Trinajstić information content (AvgIpc) is 2.35. The average molecular weight is 252 g/mol. The van der Waals surface area contributed by atoms with Gasteiger partial charge in [0.2, 0.25) is 0 Å². The number of aliphatic hydroxyl groups is 2. The second-order valence-electron chi connectivity index (χ2n) is 4.94. The van der Waals surface area contributed by atoms with E-state index in [0.29, 0.717) is 18.6 Å². The van der Waals surface area contributed by atoms with Gasteiger partial charge in [0.05, 0.1) is 11.7 Å². The van der Waals surface area contributed by atoms with Crippen LogP contribution in [0, 0.1) is 6.92 Å². The number of hydrogen-bond donors (Lipinski definition) is 2. The van der Waals surface area contributed by atoms with Gasteiger partial charge in [-0.25, -0.2) is 0 Å². The summed E-state index contributed by atoms with van der Waals surface area (Å²) in [6.07, 6.45) is 0.732. The number of hydrogen-bond acceptors (Lipinski definition) is 3. The highest BCUT2D eigenvalue weighted by molar-refractivity contribution is 5.38. The summed E-state index contributed by atoms with van der Waals surface area (Å²) in [6.45, 7) is 7.83. The van der Waals surface area contributed by atoms with E-state index in [9.17, 15) is 10.2 Å². The van der Waals surface area contributed by atoms with Crippen LogP contribution in [0.3, 0.4) is 0 Å². The molecule has 0 saturated carbocycles. The van der Waals surface area contributed by atoms with Crippen LogP contribution in [0.15, 0.2) is 18.2 Å². The third-order valence-corrected chi connectivity index (χ3v) is 3.43. The van der Waals surface area contributed by atoms with Crippen LogP contribution in [-0.2, 0) is 0 Å². The monoisotopic (exact) mass is 252 g/mol. The van der Waals surface area contributed by atoms with Gasteiger partial charge in [0.25, 0.3) is 0 Å². The minimum atomic E-state index is -0.792. The van der Waals surface area contributed by atoms with Gasteiger partial charge in [-0.05, 0) is 38.3 Å². The fourth-order valence-corrected chi connectivity index (χ4v) is 1.78. The first-order chi connectivity index (χ1) is 8.41. The second kappa shape index (κ2) is 6.21. The molecule has 0 aliphatic heterocycles. The molecule has 0 spiro atoms. The lowest BCUT2D eigenvalue weighted by molar-refractivity contribution is -0.0121. The van der Waals surface area contributed by atoms with E-state index >= 15 is 0 Å². The molecule has 1 aromatic carbocycles. The fourth-order valence-electron chi connectivity index (χ4n) is 1.78. The maximum atomic E-state index is 10.2. The summed E-state index contributed by atoms with van der Waals surface area (Å²) < 4.78 is 5.72. The number of benzene rings is 1. The molecule has 0 bridgehead atoms. The van der Waals surface area contributed by atoms with Crippen molar-refractivity contribution in [1.82, 2.24) is 0 Å². The van der Waals surface area contributed by atoms with Crippen molar-refractivity contribution < 1.29 is 14.9 Å². The first-order valence-electron chi connectivity index (χ1n) is 6.55. The Bertz CT molecular complexity index is 381. The van der Waals surface area contributed by atoms with Gasteiger partial charge in [-0.15, -0.1) is 0 Å². The van der Waals surface area contributed by atoms with Crippen molar-refractivity contribution in [2.75, 3.05) is 6.61 Å². The van der Waals surface area contributed by atoms with Crippen LogP contribution in [0.25, 0.3) is 0 Å². The molecule has 1 rings (SSSR count). The molecule has 2 N–H and O–H groups in total. The molecular weight excluding hydrogens is 228 g/mol. The minimum Gasteiger partial charge on any atom is -0.490 e. The highest BCUT2D eigenvalue weighted by Crippen LogP contribution is 2.27. The van der Waals surface area contributed by atoms with E-state index in [2.05, 4.69) is 0 Å². The molecule has 0 aliphatic rings. The number of aryl methyl sites for hydroxylation is 1. The maximum absolute atomic E-state index is 10.2. The quantitative estimate of drug-likeness (QED) is 0.818. The van der Waals surface area contributed by atoms with Gasteiger partial charge in [-0.3, -0.25) is 0 Å². The van der Waals surface area contributed by atoms with Crippen LogP contribution in [0.4, 0.5) is 0 Å². The van der Waals surface area contributed by atoms with Crippen LogP contribution < -0.4 is 4.74 Å². The normalized spacial score (nSPS) is 13.4. The molecule has 0 radical (unpaired) electrons. The molecule has 0 saturated heterocycles. The maximum Gasteiger partial charge on any atom is 0.125 e. The lowest BCUT2D eigenvalue weighted by Crippen LogP contribution is -2.34. The van der Waals surface area contributed by atoms with E-state index in [1.54, 1.807) is 6.92 Å². The van der Waals surface area contributed by atoms with Crippen molar-refractivity contribution in [3.8, 4) is 5.75 Å². The molecule has 1 atom stereocenters. The third kappa shape index (κ3) is 3.72. The summed E-state index contributed by atoms with van der Waals surface area (Å²) in [5.74, 6) is 0.658. The molecule has 1 aromatic rings. The molecule has 18 heavy (non-hydrogen) atoms. The third-order valence-electron chi connectivity index (χ3n) is 3.43. The van der Waals surface area contributed by atoms with Crippen molar-refractivity contribution in [1.29, 1.82) is 0 Å². The van der Waals surface area contributed by atoms with Crippen LogP contribution >= 0.6 is 0 Å². The zero-order valence-corrected chi connectivity index (χ0v) is 11.7. The van der Waals surface area contributed by atoms with E-state index in [1.165, 1.54) is 0 Å². The Labute approximate surface area is 109 Å². The highest BCUT2D eigenvalue weighted by Gasteiger charge is 2.24. The molecule has 0 amide bonds. The van der Waals surface area contributed by atoms with Crippen molar-refractivity contribution >= 4 is 0 Å². The molecule has 0 aliphatic carbocycles. The van der Waals surface area contributed by atoms with E-state index in [0.717, 1.165) is 11.1 Å². The largest absolute Gasteiger partial charge is 0.490 e. The summed E-state index contributed by atoms with van der Waals surface area (Å²) in [6, 6.07) is 5.71. The first kappa shape index (κ1) is 15.0. The van der Waals surface area contributed by atoms with Crippen molar-refractivity contribution in [3.05, 3.63) is 29.3 Å². The van der Waals surface area contributed by atoms with Crippen molar-refractivity contribution in [3.63, 3.8) is 0 Å². The Morgan fingerprint density at radius 3 is 2.39 bits per heavy atom. The van der Waals surface area contributed by atoms with Crippen LogP contribution in [-0.4, -0.2) is 22.4 Å². The fraction of sp³-hybridized carbons (Fsp3) is 0.600. The number of ether oxygens (including phenoxy) is 1. The van der Waals surface area contributed by atoms with Crippen LogP contribution in [0.5, 0.6) is 5.75 Å². The summed E-state index contributed by atoms with van der Waals surface area (Å²) in [5.41, 5.74) is 1.04. The molecule has 102 valence electrons. The van der Waals surface area contributed by atoms with Gasteiger partial charge in [0, 0.05) is 5.56 Å². The van der Waals surface area contributed by atoms with E-state index in [-0.39, 0.29) is 6.61 Å². The number of aliphatic hydroxyl groups excluding tert-OH is 1. The molecule has 0 heterocycles. The predicted molar refractivity (Wildman–Crippen MR) is 72.8 cm³/mol. The summed E-state index contributed by atoms with van der Waals surface area (Å²) in [5, 5.41) is 19.9. The molecule has 0 unspecified atom stereocenters. The Balaban J connectivity index is 2.86. The summed E-state index contributed by atoms with van der Waals surface area (Å²) >= 11 is 0. The minimum absolute atomic E-state index is 0.253. The molecule has 0 aromatic heterocycles. The van der Waals surface area contributed by atoms with Crippen LogP contribution in [0.1, 0.15) is 50.8 Å². The Morgan fingerprint density at radius 2 is 1.89 bits per heavy atom. The second-order valence-corrected chi connectivity index (χ2v) is 4.94. The van der Waals surface area contributed by atoms with Crippen molar-refractivity contribution in [2.24, 2.45) is 0 Å². The van der Waals surface area contributed by atoms with Gasteiger partial charge < -0.3 is 14.9 Å². The first-order valence-corrected chi connectivity index (χ1v) is 6.55. The van der Waals surface area contributed by atoms with E-state index in [1.807, 2.05) is 39.0 Å². The van der Waals surface area contributed by atoms with Gasteiger partial charge in [0.1, 0.15) is 12.4 Å². The van der Waals surface area contributed by atoms with E-state index < -0.39 is 11.7 Å². The SMILES string of the molecule is CCC(O)(CC)COc1cc(C)ccc1[C@H](C)O. The zero-order chi connectivity index (χ0) is 13.8. The topological polar surface area (TPSA) is 49.7 Å². The lowest BCUT2D eigenvalue weighted by Gasteiger charge is -2.26. The smallest absolute Gasteiger partial charge is 0.125 e. The molecular formula is C15H24O3. The molecule has 0 fully saturated rings. The van der Waals surface area contributed by atoms with Gasteiger partial charge >= 0.3 is 0 Å². The van der Waals surface area contributed by atoms with Gasteiger partial charge in [-0.1, -0.05) is 26.0 Å². The standard InChI is InChI=1S/C15H24O3/c1-5-15(17,6-2)10-18-14-9-11(3)7-8-13(14)12(4)16/h7-9,12,16-17H,5-6,10H2,1-4H3/t12-/m0/s1. The zero-order valence-electron chi connectivity index (χ0n) is 11.7. The Hall–Kier alpha value is -1.06. The van der Waals surface area contributed by atoms with Gasteiger partial charge in [0.15, 0.2) is 0 Å². The van der Waals surface area contributed by atoms with Crippen LogP contribution in [0.2, 0.25) is 0 Å². The molecule has 3 heteroatoms. The van der Waals surface area contributed by atoms with Gasteiger partial charge in [-0.2, -0.15) is 0 Å². The highest BCUT2D eigenvalue weighted by atomic mass is 16.5. The molecule has 3 nitrogen and oxygen atoms in total. The number of rotatable bonds is 6. The lowest BCUT2D eigenvalue weighted by atomic mass is 9.99. The summed E-state index contributed by atoms with van der Waals surface area (Å²) in [4.78, 5) is 0. The van der Waals surface area contributed by atoms with Crippen molar-refractivity contribution in [2.45, 2.75) is 52.2 Å². The van der Waals surface area contributed by atoms with E-state index in [4.69, 9.17) is 4.74 Å².